The summed E-state index contributed by atoms with van der Waals surface area (Å²) < 4.78 is 5.41. The van der Waals surface area contributed by atoms with Gasteiger partial charge < -0.3 is 15.2 Å². The number of benzene rings is 1. The summed E-state index contributed by atoms with van der Waals surface area (Å²) in [7, 11) is 0. The fourth-order valence-corrected chi connectivity index (χ4v) is 3.27. The van der Waals surface area contributed by atoms with Gasteiger partial charge in [-0.2, -0.15) is 0 Å². The van der Waals surface area contributed by atoms with E-state index in [1.54, 1.807) is 6.07 Å². The molecule has 1 fully saturated rings. The Morgan fingerprint density at radius 2 is 2.26 bits per heavy atom. The van der Waals surface area contributed by atoms with E-state index in [-0.39, 0.29) is 0 Å². The van der Waals surface area contributed by atoms with Crippen molar-refractivity contribution in [2.45, 2.75) is 38.1 Å². The largest absolute Gasteiger partial charge is 0.508 e. The second kappa shape index (κ2) is 5.93. The highest BCUT2D eigenvalue weighted by atomic mass is 16.5. The Bertz CT molecular complexity index is 427. The monoisotopic (exact) mass is 261 g/mol. The molecule has 2 aliphatic rings. The van der Waals surface area contributed by atoms with E-state index in [0.717, 1.165) is 32.1 Å². The molecule has 1 aliphatic heterocycles. The summed E-state index contributed by atoms with van der Waals surface area (Å²) in [4.78, 5) is 0. The molecular formula is C16H23NO2. The Labute approximate surface area is 115 Å². The van der Waals surface area contributed by atoms with Crippen LogP contribution in [-0.4, -0.2) is 24.9 Å². The van der Waals surface area contributed by atoms with Crippen LogP contribution in [-0.2, 0) is 11.2 Å². The first-order valence-corrected chi connectivity index (χ1v) is 7.46. The van der Waals surface area contributed by atoms with Crippen molar-refractivity contribution in [1.82, 2.24) is 5.32 Å². The van der Waals surface area contributed by atoms with Gasteiger partial charge in [-0.05, 0) is 67.8 Å². The van der Waals surface area contributed by atoms with Crippen LogP contribution in [0, 0.1) is 5.92 Å². The Morgan fingerprint density at radius 3 is 3.11 bits per heavy atom. The third kappa shape index (κ3) is 3.10. The quantitative estimate of drug-likeness (QED) is 0.875. The minimum Gasteiger partial charge on any atom is -0.508 e. The van der Waals surface area contributed by atoms with Crippen molar-refractivity contribution in [2.24, 2.45) is 5.92 Å². The van der Waals surface area contributed by atoms with Crippen molar-refractivity contribution >= 4 is 0 Å². The van der Waals surface area contributed by atoms with Gasteiger partial charge in [-0.15, -0.1) is 0 Å². The number of aryl methyl sites for hydroxylation is 1. The standard InChI is InChI=1S/C16H23NO2/c18-14-5-4-13-2-1-3-16(15(13)10-14)17-8-6-12-7-9-19-11-12/h4-5,10,12,16-18H,1-3,6-9,11H2. The van der Waals surface area contributed by atoms with Gasteiger partial charge >= 0.3 is 0 Å². The highest BCUT2D eigenvalue weighted by Crippen LogP contribution is 2.32. The molecule has 0 radical (unpaired) electrons. The van der Waals surface area contributed by atoms with Crippen molar-refractivity contribution < 1.29 is 9.84 Å². The molecule has 1 aliphatic carbocycles. The normalized spacial score (nSPS) is 26.3. The van der Waals surface area contributed by atoms with E-state index in [2.05, 4.69) is 11.4 Å². The fourth-order valence-electron chi connectivity index (χ4n) is 3.27. The molecule has 3 rings (SSSR count). The smallest absolute Gasteiger partial charge is 0.115 e. The lowest BCUT2D eigenvalue weighted by atomic mass is 9.87. The minimum atomic E-state index is 0.386. The number of fused-ring (bicyclic) bond motifs is 1. The molecule has 0 amide bonds. The molecule has 104 valence electrons. The van der Waals surface area contributed by atoms with E-state index in [1.165, 1.54) is 36.8 Å². The molecule has 0 saturated carbocycles. The third-order valence-electron chi connectivity index (χ3n) is 4.41. The number of rotatable bonds is 4. The van der Waals surface area contributed by atoms with Crippen molar-refractivity contribution in [1.29, 1.82) is 0 Å². The van der Waals surface area contributed by atoms with E-state index >= 15 is 0 Å². The molecule has 0 spiro atoms. The number of nitrogens with one attached hydrogen (secondary N) is 1. The van der Waals surface area contributed by atoms with Crippen molar-refractivity contribution in [2.75, 3.05) is 19.8 Å². The summed E-state index contributed by atoms with van der Waals surface area (Å²) >= 11 is 0. The number of phenolic OH excluding ortho intramolecular Hbond substituents is 1. The van der Waals surface area contributed by atoms with Crippen LogP contribution in [0.15, 0.2) is 18.2 Å². The molecule has 1 aromatic rings. The Kier molecular flexibility index (Phi) is 4.04. The van der Waals surface area contributed by atoms with Crippen LogP contribution in [0.2, 0.25) is 0 Å². The van der Waals surface area contributed by atoms with Crippen LogP contribution in [0.4, 0.5) is 0 Å². The van der Waals surface area contributed by atoms with Crippen LogP contribution >= 0.6 is 0 Å². The molecule has 0 bridgehead atoms. The summed E-state index contributed by atoms with van der Waals surface area (Å²) in [5.74, 6) is 1.12. The highest BCUT2D eigenvalue weighted by Gasteiger charge is 2.21. The lowest BCUT2D eigenvalue weighted by molar-refractivity contribution is 0.184. The van der Waals surface area contributed by atoms with Gasteiger partial charge in [0.1, 0.15) is 5.75 Å². The summed E-state index contributed by atoms with van der Waals surface area (Å²) in [6.45, 7) is 2.92. The maximum atomic E-state index is 9.66. The van der Waals surface area contributed by atoms with Crippen LogP contribution in [0.1, 0.15) is 42.9 Å². The van der Waals surface area contributed by atoms with Crippen molar-refractivity contribution in [3.8, 4) is 5.75 Å². The summed E-state index contributed by atoms with van der Waals surface area (Å²) in [5, 5.41) is 13.3. The topological polar surface area (TPSA) is 41.5 Å². The summed E-state index contributed by atoms with van der Waals surface area (Å²) in [6.07, 6.45) is 5.97. The Balaban J connectivity index is 1.58. The molecule has 1 heterocycles. The Hall–Kier alpha value is -1.06. The second-order valence-electron chi connectivity index (χ2n) is 5.80. The predicted octanol–water partition coefficient (Wildman–Crippen LogP) is 2.79. The van der Waals surface area contributed by atoms with Crippen molar-refractivity contribution in [3.05, 3.63) is 29.3 Å². The molecule has 3 nitrogen and oxygen atoms in total. The van der Waals surface area contributed by atoms with E-state index in [9.17, 15) is 5.11 Å². The van der Waals surface area contributed by atoms with Gasteiger partial charge in [0, 0.05) is 19.3 Å². The van der Waals surface area contributed by atoms with E-state index < -0.39 is 0 Å². The molecule has 2 atom stereocenters. The van der Waals surface area contributed by atoms with Crippen LogP contribution in [0.3, 0.4) is 0 Å². The lowest BCUT2D eigenvalue weighted by Gasteiger charge is -2.27. The SMILES string of the molecule is Oc1ccc2c(c1)C(NCCC1CCOC1)CCC2. The van der Waals surface area contributed by atoms with Gasteiger partial charge in [0.05, 0.1) is 0 Å². The number of hydrogen-bond acceptors (Lipinski definition) is 3. The number of phenols is 1. The average molecular weight is 261 g/mol. The summed E-state index contributed by atoms with van der Waals surface area (Å²) in [5.41, 5.74) is 2.69. The Morgan fingerprint density at radius 1 is 1.32 bits per heavy atom. The second-order valence-corrected chi connectivity index (χ2v) is 5.80. The van der Waals surface area contributed by atoms with E-state index in [0.29, 0.717) is 11.8 Å². The van der Waals surface area contributed by atoms with Crippen LogP contribution in [0.5, 0.6) is 5.75 Å². The minimum absolute atomic E-state index is 0.386. The zero-order chi connectivity index (χ0) is 13.1. The van der Waals surface area contributed by atoms with Crippen molar-refractivity contribution in [3.63, 3.8) is 0 Å². The maximum absolute atomic E-state index is 9.66. The number of hydrogen-bond donors (Lipinski definition) is 2. The van der Waals surface area contributed by atoms with Gasteiger partial charge in [0.15, 0.2) is 0 Å². The number of ether oxygens (including phenoxy) is 1. The van der Waals surface area contributed by atoms with Crippen LogP contribution < -0.4 is 5.32 Å². The van der Waals surface area contributed by atoms with Gasteiger partial charge in [0.25, 0.3) is 0 Å². The molecule has 3 heteroatoms. The zero-order valence-corrected chi connectivity index (χ0v) is 11.4. The van der Waals surface area contributed by atoms with Crippen LogP contribution in [0.25, 0.3) is 0 Å². The average Bonchev–Trinajstić information content (AvgIpc) is 2.92. The van der Waals surface area contributed by atoms with E-state index in [1.807, 2.05) is 6.07 Å². The molecule has 19 heavy (non-hydrogen) atoms. The van der Waals surface area contributed by atoms with Gasteiger partial charge in [-0.3, -0.25) is 0 Å². The first-order valence-electron chi connectivity index (χ1n) is 7.46. The lowest BCUT2D eigenvalue weighted by Crippen LogP contribution is -2.27. The molecule has 2 unspecified atom stereocenters. The molecule has 0 aromatic heterocycles. The van der Waals surface area contributed by atoms with E-state index in [4.69, 9.17) is 4.74 Å². The van der Waals surface area contributed by atoms with Gasteiger partial charge in [0.2, 0.25) is 0 Å². The third-order valence-corrected chi connectivity index (χ3v) is 4.41. The van der Waals surface area contributed by atoms with Gasteiger partial charge in [-0.1, -0.05) is 6.07 Å². The molecule has 1 saturated heterocycles. The molecule has 2 N–H and O–H groups in total. The first-order chi connectivity index (χ1) is 9.33. The molecular weight excluding hydrogens is 238 g/mol. The maximum Gasteiger partial charge on any atom is 0.115 e. The first kappa shape index (κ1) is 12.9. The summed E-state index contributed by atoms with van der Waals surface area (Å²) in [6, 6.07) is 6.23. The molecule has 1 aromatic carbocycles. The van der Waals surface area contributed by atoms with Gasteiger partial charge in [-0.25, -0.2) is 0 Å². The fraction of sp³-hybridized carbons (Fsp3) is 0.625. The predicted molar refractivity (Wildman–Crippen MR) is 75.3 cm³/mol. The highest BCUT2D eigenvalue weighted by molar-refractivity contribution is 5.38. The zero-order valence-electron chi connectivity index (χ0n) is 11.4. The number of aromatic hydroxyl groups is 1.